The molecule has 1 saturated heterocycles. The minimum absolute atomic E-state index is 0.238. The van der Waals surface area contributed by atoms with Crippen LogP contribution >= 0.6 is 0 Å². The first kappa shape index (κ1) is 15.2. The topological polar surface area (TPSA) is 51.7 Å². The highest BCUT2D eigenvalue weighted by molar-refractivity contribution is 5.81. The molecule has 2 atom stereocenters. The van der Waals surface area contributed by atoms with Crippen LogP contribution in [0.5, 0.6) is 0 Å². The highest BCUT2D eigenvalue weighted by Gasteiger charge is 2.54. The van der Waals surface area contributed by atoms with Gasteiger partial charge in [-0.05, 0) is 25.5 Å². The lowest BCUT2D eigenvalue weighted by atomic mass is 9.73. The molecule has 5 nitrogen and oxygen atoms in total. The molecule has 2 aliphatic heterocycles. The van der Waals surface area contributed by atoms with Crippen molar-refractivity contribution in [2.75, 3.05) is 37.9 Å². The van der Waals surface area contributed by atoms with E-state index < -0.39 is 18.1 Å². The number of ether oxygens (including phenoxy) is 2. The third-order valence-corrected chi connectivity index (χ3v) is 4.56. The molecule has 0 N–H and O–H groups in total. The van der Waals surface area contributed by atoms with Crippen molar-refractivity contribution in [2.24, 2.45) is 5.41 Å². The molecule has 120 valence electrons. The third-order valence-electron chi connectivity index (χ3n) is 4.56. The Morgan fingerprint density at radius 3 is 3.18 bits per heavy atom. The van der Waals surface area contributed by atoms with Crippen molar-refractivity contribution in [3.8, 4) is 0 Å². The minimum atomic E-state index is -1.23. The van der Waals surface area contributed by atoms with Gasteiger partial charge in [-0.25, -0.2) is 4.39 Å². The molecule has 1 fully saturated rings. The van der Waals surface area contributed by atoms with Crippen LogP contribution in [-0.2, 0) is 20.7 Å². The number of hydrogen-bond acceptors (Lipinski definition) is 5. The van der Waals surface area contributed by atoms with E-state index in [4.69, 9.17) is 9.47 Å². The van der Waals surface area contributed by atoms with E-state index in [-0.39, 0.29) is 19.1 Å². The Labute approximate surface area is 129 Å². The monoisotopic (exact) mass is 308 g/mol. The Hall–Kier alpha value is -1.69. The number of aromatic nitrogens is 1. The molecule has 0 aromatic carbocycles. The Bertz CT molecular complexity index is 581. The molecule has 0 spiro atoms. The zero-order valence-corrected chi connectivity index (χ0v) is 13.0. The van der Waals surface area contributed by atoms with Gasteiger partial charge in [0.15, 0.2) is 0 Å². The number of pyridine rings is 1. The molecular formula is C16H21FN2O3. The van der Waals surface area contributed by atoms with E-state index in [1.54, 1.807) is 13.1 Å². The predicted octanol–water partition coefficient (Wildman–Crippen LogP) is 1.67. The van der Waals surface area contributed by atoms with Crippen LogP contribution in [0.2, 0.25) is 0 Å². The summed E-state index contributed by atoms with van der Waals surface area (Å²) in [5.74, 6) is -0.494. The van der Waals surface area contributed by atoms with Crippen LogP contribution < -0.4 is 4.90 Å². The van der Waals surface area contributed by atoms with Crippen LogP contribution in [-0.4, -0.2) is 50.0 Å². The number of carbonyl (C=O) groups excluding carboxylic acids is 1. The lowest BCUT2D eigenvalue weighted by Crippen LogP contribution is -2.63. The van der Waals surface area contributed by atoms with Gasteiger partial charge in [-0.3, -0.25) is 9.78 Å². The maximum atomic E-state index is 14.0. The number of esters is 1. The number of aryl methyl sites for hydroxylation is 1. The summed E-state index contributed by atoms with van der Waals surface area (Å²) in [7, 11) is 0. The first-order chi connectivity index (χ1) is 10.6. The molecule has 2 unspecified atom stereocenters. The fourth-order valence-corrected chi connectivity index (χ4v) is 3.41. The molecule has 1 aromatic heterocycles. The van der Waals surface area contributed by atoms with Crippen molar-refractivity contribution in [1.29, 1.82) is 0 Å². The molecule has 1 aromatic rings. The third kappa shape index (κ3) is 2.26. The van der Waals surface area contributed by atoms with Gasteiger partial charge in [0, 0.05) is 19.2 Å². The number of fused-ring (bicyclic) bond motifs is 3. The van der Waals surface area contributed by atoms with Crippen LogP contribution in [0.4, 0.5) is 10.1 Å². The Balaban J connectivity index is 2.08. The van der Waals surface area contributed by atoms with Crippen LogP contribution in [0.3, 0.4) is 0 Å². The molecule has 2 aliphatic rings. The van der Waals surface area contributed by atoms with Crippen LogP contribution in [0.15, 0.2) is 12.3 Å². The molecular weight excluding hydrogens is 287 g/mol. The summed E-state index contributed by atoms with van der Waals surface area (Å²) in [5, 5.41) is 0. The Kier molecular flexibility index (Phi) is 4.04. The van der Waals surface area contributed by atoms with E-state index >= 15 is 0 Å². The molecule has 0 bridgehead atoms. The highest BCUT2D eigenvalue weighted by Crippen LogP contribution is 2.43. The van der Waals surface area contributed by atoms with Crippen molar-refractivity contribution in [3.63, 3.8) is 0 Å². The Morgan fingerprint density at radius 1 is 1.64 bits per heavy atom. The molecule has 22 heavy (non-hydrogen) atoms. The largest absolute Gasteiger partial charge is 0.465 e. The summed E-state index contributed by atoms with van der Waals surface area (Å²) < 4.78 is 24.7. The summed E-state index contributed by atoms with van der Waals surface area (Å²) in [6, 6.07) is 1.70. The van der Waals surface area contributed by atoms with Gasteiger partial charge in [0.2, 0.25) is 0 Å². The standard InChI is InChI=1S/C16H21FN2O3/c1-3-22-15(20)16(10-17)7-12-13(6-11(2)8-18-12)19-4-5-21-9-14(16)19/h6,8,14H,3-5,7,9-10H2,1-2H3. The molecule has 3 rings (SSSR count). The second-order valence-electron chi connectivity index (χ2n) is 5.95. The molecule has 0 saturated carbocycles. The van der Waals surface area contributed by atoms with E-state index in [1.165, 1.54) is 0 Å². The highest BCUT2D eigenvalue weighted by atomic mass is 19.1. The summed E-state index contributed by atoms with van der Waals surface area (Å²) in [6.45, 7) is 4.70. The number of rotatable bonds is 3. The number of alkyl halides is 1. The quantitative estimate of drug-likeness (QED) is 0.795. The van der Waals surface area contributed by atoms with Crippen molar-refractivity contribution in [3.05, 3.63) is 23.5 Å². The van der Waals surface area contributed by atoms with Crippen LogP contribution in [0, 0.1) is 12.3 Å². The maximum absolute atomic E-state index is 14.0. The van der Waals surface area contributed by atoms with E-state index in [0.717, 1.165) is 16.9 Å². The van der Waals surface area contributed by atoms with Gasteiger partial charge in [-0.15, -0.1) is 0 Å². The molecule has 6 heteroatoms. The first-order valence-corrected chi connectivity index (χ1v) is 7.65. The second kappa shape index (κ2) is 5.83. The number of anilines is 1. The zero-order chi connectivity index (χ0) is 15.7. The fraction of sp³-hybridized carbons (Fsp3) is 0.625. The number of halogens is 1. The predicted molar refractivity (Wildman–Crippen MR) is 79.7 cm³/mol. The van der Waals surface area contributed by atoms with Crippen LogP contribution in [0.25, 0.3) is 0 Å². The van der Waals surface area contributed by atoms with E-state index in [0.29, 0.717) is 19.8 Å². The second-order valence-corrected chi connectivity index (χ2v) is 5.95. The van der Waals surface area contributed by atoms with Gasteiger partial charge < -0.3 is 14.4 Å². The summed E-state index contributed by atoms with van der Waals surface area (Å²) in [4.78, 5) is 19.0. The molecule has 0 aliphatic carbocycles. The maximum Gasteiger partial charge on any atom is 0.317 e. The SMILES string of the molecule is CCOC(=O)C1(CF)Cc2ncc(C)cc2N2CCOCC21. The summed E-state index contributed by atoms with van der Waals surface area (Å²) in [5.41, 5.74) is 1.56. The average molecular weight is 308 g/mol. The lowest BCUT2D eigenvalue weighted by molar-refractivity contribution is -0.160. The van der Waals surface area contributed by atoms with E-state index in [9.17, 15) is 9.18 Å². The van der Waals surface area contributed by atoms with Crippen molar-refractivity contribution in [2.45, 2.75) is 26.3 Å². The van der Waals surface area contributed by atoms with Gasteiger partial charge in [0.1, 0.15) is 12.1 Å². The molecule has 0 amide bonds. The zero-order valence-electron chi connectivity index (χ0n) is 13.0. The normalized spacial score (nSPS) is 27.0. The fourth-order valence-electron chi connectivity index (χ4n) is 3.41. The first-order valence-electron chi connectivity index (χ1n) is 7.65. The van der Waals surface area contributed by atoms with Crippen LogP contribution in [0.1, 0.15) is 18.2 Å². The minimum Gasteiger partial charge on any atom is -0.465 e. The van der Waals surface area contributed by atoms with E-state index in [2.05, 4.69) is 9.88 Å². The van der Waals surface area contributed by atoms with Crippen molar-refractivity contribution in [1.82, 2.24) is 4.98 Å². The van der Waals surface area contributed by atoms with Crippen molar-refractivity contribution < 1.29 is 18.7 Å². The number of morpholine rings is 1. The number of hydrogen-bond donors (Lipinski definition) is 0. The molecule has 3 heterocycles. The lowest BCUT2D eigenvalue weighted by Gasteiger charge is -2.50. The summed E-state index contributed by atoms with van der Waals surface area (Å²) in [6.07, 6.45) is 2.01. The molecule has 0 radical (unpaired) electrons. The van der Waals surface area contributed by atoms with Gasteiger partial charge in [0.25, 0.3) is 0 Å². The van der Waals surface area contributed by atoms with Gasteiger partial charge in [-0.1, -0.05) is 0 Å². The number of carbonyl (C=O) groups is 1. The summed E-state index contributed by atoms with van der Waals surface area (Å²) >= 11 is 0. The van der Waals surface area contributed by atoms with Crippen molar-refractivity contribution >= 4 is 11.7 Å². The van der Waals surface area contributed by atoms with Gasteiger partial charge in [0.05, 0.1) is 37.2 Å². The van der Waals surface area contributed by atoms with Gasteiger partial charge >= 0.3 is 5.97 Å². The van der Waals surface area contributed by atoms with Gasteiger partial charge in [-0.2, -0.15) is 0 Å². The Morgan fingerprint density at radius 2 is 2.45 bits per heavy atom. The number of nitrogens with zero attached hydrogens (tertiary/aromatic N) is 2. The smallest absolute Gasteiger partial charge is 0.317 e. The average Bonchev–Trinajstić information content (AvgIpc) is 2.54. The van der Waals surface area contributed by atoms with E-state index in [1.807, 2.05) is 13.0 Å².